The molecule has 0 fully saturated rings. The maximum atomic E-state index is 11.3. The first-order valence-corrected chi connectivity index (χ1v) is 11.3. The van der Waals surface area contributed by atoms with Crippen molar-refractivity contribution in [3.63, 3.8) is 0 Å². The molecule has 0 spiro atoms. The molecule has 0 aliphatic heterocycles. The zero-order chi connectivity index (χ0) is 20.9. The van der Waals surface area contributed by atoms with Crippen LogP contribution in [0.5, 0.6) is 0 Å². The van der Waals surface area contributed by atoms with E-state index in [2.05, 4.69) is 57.4 Å². The molecule has 30 heavy (non-hydrogen) atoms. The fourth-order valence-electron chi connectivity index (χ4n) is 2.88. The minimum absolute atomic E-state index is 0.123. The molecule has 0 unspecified atom stereocenters. The number of benzene rings is 2. The molecule has 0 aliphatic carbocycles. The van der Waals surface area contributed by atoms with Crippen molar-refractivity contribution >= 4 is 34.7 Å². The number of hydrogen-bond donors (Lipinski definition) is 1. The Morgan fingerprint density at radius 1 is 1.20 bits per heavy atom. The maximum absolute atomic E-state index is 11.3. The third-order valence-corrected chi connectivity index (χ3v) is 6.26. The van der Waals surface area contributed by atoms with E-state index in [9.17, 15) is 4.79 Å². The first kappa shape index (κ1) is 20.2. The molecule has 0 saturated carbocycles. The molecule has 0 radical (unpaired) electrons. The number of anilines is 1. The molecule has 2 aromatic heterocycles. The molecule has 2 aromatic carbocycles. The van der Waals surface area contributed by atoms with E-state index < -0.39 is 0 Å². The molecule has 4 aromatic rings. The topological polar surface area (TPSA) is 85.6 Å². The van der Waals surface area contributed by atoms with Crippen LogP contribution in [0.2, 0.25) is 0 Å². The van der Waals surface area contributed by atoms with Crippen molar-refractivity contribution in [1.82, 2.24) is 25.2 Å². The first-order chi connectivity index (χ1) is 14.6. The van der Waals surface area contributed by atoms with Crippen LogP contribution in [0.4, 0.5) is 5.69 Å². The molecule has 7 nitrogen and oxygen atoms in total. The lowest BCUT2D eigenvalue weighted by Crippen LogP contribution is -2.07. The van der Waals surface area contributed by atoms with E-state index in [0.717, 1.165) is 28.4 Å². The second kappa shape index (κ2) is 9.19. The molecule has 0 atom stereocenters. The number of carbonyl (C=O) groups is 1. The van der Waals surface area contributed by atoms with Gasteiger partial charge in [-0.15, -0.1) is 16.4 Å². The Balaban J connectivity index is 1.46. The van der Waals surface area contributed by atoms with Crippen LogP contribution in [-0.4, -0.2) is 31.1 Å². The van der Waals surface area contributed by atoms with Crippen molar-refractivity contribution in [3.8, 4) is 16.3 Å². The third kappa shape index (κ3) is 4.74. The number of hydrogen-bond acceptors (Lipinski definition) is 7. The minimum Gasteiger partial charge on any atom is -0.326 e. The van der Waals surface area contributed by atoms with Gasteiger partial charge >= 0.3 is 0 Å². The summed E-state index contributed by atoms with van der Waals surface area (Å²) < 4.78 is 1.66. The number of rotatable bonds is 7. The molecule has 0 saturated heterocycles. The molecule has 9 heteroatoms. The lowest BCUT2D eigenvalue weighted by molar-refractivity contribution is -0.114. The van der Waals surface area contributed by atoms with E-state index in [1.54, 1.807) is 16.0 Å². The SMILES string of the molecule is CCc1ccc(-c2nc(CSc3nnnn3-c3cccc(NC(C)=O)c3)cs2)cc1. The van der Waals surface area contributed by atoms with Crippen LogP contribution in [0.15, 0.2) is 59.1 Å². The third-order valence-electron chi connectivity index (χ3n) is 4.36. The summed E-state index contributed by atoms with van der Waals surface area (Å²) in [5.74, 6) is 0.539. The molecule has 2 heterocycles. The second-order valence-corrected chi connectivity index (χ2v) is 8.39. The van der Waals surface area contributed by atoms with Crippen molar-refractivity contribution in [2.75, 3.05) is 5.32 Å². The average Bonchev–Trinajstić information content (AvgIpc) is 3.41. The van der Waals surface area contributed by atoms with Gasteiger partial charge in [-0.3, -0.25) is 4.79 Å². The van der Waals surface area contributed by atoms with E-state index in [4.69, 9.17) is 4.98 Å². The van der Waals surface area contributed by atoms with Crippen LogP contribution in [0.25, 0.3) is 16.3 Å². The molecular weight excluding hydrogens is 416 g/mol. The lowest BCUT2D eigenvalue weighted by Gasteiger charge is -2.06. The quantitative estimate of drug-likeness (QED) is 0.426. The van der Waals surface area contributed by atoms with Gasteiger partial charge in [-0.1, -0.05) is 49.0 Å². The molecule has 4 rings (SSSR count). The number of aryl methyl sites for hydroxylation is 1. The Morgan fingerprint density at radius 2 is 2.03 bits per heavy atom. The van der Waals surface area contributed by atoms with Crippen LogP contribution in [0.1, 0.15) is 25.1 Å². The molecule has 1 amide bonds. The van der Waals surface area contributed by atoms with Crippen molar-refractivity contribution in [3.05, 3.63) is 65.2 Å². The highest BCUT2D eigenvalue weighted by Crippen LogP contribution is 2.28. The molecule has 0 aliphatic rings. The van der Waals surface area contributed by atoms with Gasteiger partial charge in [0.25, 0.3) is 0 Å². The summed E-state index contributed by atoms with van der Waals surface area (Å²) in [6.07, 6.45) is 1.03. The van der Waals surface area contributed by atoms with Gasteiger partial charge in [-0.25, -0.2) is 4.98 Å². The van der Waals surface area contributed by atoms with Crippen LogP contribution >= 0.6 is 23.1 Å². The zero-order valence-electron chi connectivity index (χ0n) is 16.6. The Hall–Kier alpha value is -3.04. The normalized spacial score (nSPS) is 10.9. The predicted octanol–water partition coefficient (Wildman–Crippen LogP) is 4.60. The average molecular weight is 437 g/mol. The van der Waals surface area contributed by atoms with Crippen LogP contribution in [-0.2, 0) is 17.0 Å². The van der Waals surface area contributed by atoms with Gasteiger partial charge in [0.05, 0.1) is 11.4 Å². The first-order valence-electron chi connectivity index (χ1n) is 9.45. The number of thioether (sulfide) groups is 1. The number of carbonyl (C=O) groups excluding carboxylic acids is 1. The summed E-state index contributed by atoms with van der Waals surface area (Å²) >= 11 is 3.16. The predicted molar refractivity (Wildman–Crippen MR) is 120 cm³/mol. The number of tetrazole rings is 1. The summed E-state index contributed by atoms with van der Waals surface area (Å²) in [5.41, 5.74) is 4.92. The Kier molecular flexibility index (Phi) is 6.20. The summed E-state index contributed by atoms with van der Waals surface area (Å²) in [4.78, 5) is 16.1. The number of thiazole rings is 1. The lowest BCUT2D eigenvalue weighted by atomic mass is 10.1. The fraction of sp³-hybridized carbons (Fsp3) is 0.190. The largest absolute Gasteiger partial charge is 0.326 e. The van der Waals surface area contributed by atoms with Crippen LogP contribution in [0.3, 0.4) is 0 Å². The highest BCUT2D eigenvalue weighted by Gasteiger charge is 2.12. The van der Waals surface area contributed by atoms with Gasteiger partial charge in [0.15, 0.2) is 0 Å². The van der Waals surface area contributed by atoms with Crippen LogP contribution < -0.4 is 5.32 Å². The minimum atomic E-state index is -0.123. The molecule has 152 valence electrons. The van der Waals surface area contributed by atoms with Gasteiger partial charge in [-0.05, 0) is 40.6 Å². The van der Waals surface area contributed by atoms with Crippen molar-refractivity contribution in [1.29, 1.82) is 0 Å². The van der Waals surface area contributed by atoms with Gasteiger partial charge in [0.2, 0.25) is 11.1 Å². The van der Waals surface area contributed by atoms with Gasteiger partial charge in [0.1, 0.15) is 5.01 Å². The second-order valence-electron chi connectivity index (χ2n) is 6.59. The van der Waals surface area contributed by atoms with E-state index in [1.165, 1.54) is 24.2 Å². The number of nitrogens with zero attached hydrogens (tertiary/aromatic N) is 5. The summed E-state index contributed by atoms with van der Waals surface area (Å²) in [6, 6.07) is 16.0. The molecule has 0 bridgehead atoms. The smallest absolute Gasteiger partial charge is 0.221 e. The van der Waals surface area contributed by atoms with Crippen molar-refractivity contribution < 1.29 is 4.79 Å². The van der Waals surface area contributed by atoms with Gasteiger partial charge in [-0.2, -0.15) is 4.68 Å². The summed E-state index contributed by atoms with van der Waals surface area (Å²) in [7, 11) is 0. The molecule has 1 N–H and O–H groups in total. The van der Waals surface area contributed by atoms with Crippen molar-refractivity contribution in [2.24, 2.45) is 0 Å². The Morgan fingerprint density at radius 3 is 2.80 bits per heavy atom. The molecular formula is C21H20N6OS2. The summed E-state index contributed by atoms with van der Waals surface area (Å²) in [6.45, 7) is 3.63. The number of amides is 1. The Bertz CT molecular complexity index is 1150. The van der Waals surface area contributed by atoms with E-state index in [0.29, 0.717) is 16.6 Å². The fourth-order valence-corrected chi connectivity index (χ4v) is 4.59. The van der Waals surface area contributed by atoms with Crippen molar-refractivity contribution in [2.45, 2.75) is 31.2 Å². The highest BCUT2D eigenvalue weighted by atomic mass is 32.2. The van der Waals surface area contributed by atoms with E-state index in [-0.39, 0.29) is 5.91 Å². The van der Waals surface area contributed by atoms with Gasteiger partial charge < -0.3 is 5.32 Å². The van der Waals surface area contributed by atoms with Crippen LogP contribution in [0, 0.1) is 0 Å². The summed E-state index contributed by atoms with van der Waals surface area (Å²) in [5, 5.41) is 18.6. The zero-order valence-corrected chi connectivity index (χ0v) is 18.2. The highest BCUT2D eigenvalue weighted by molar-refractivity contribution is 7.98. The number of aromatic nitrogens is 5. The monoisotopic (exact) mass is 436 g/mol. The van der Waals surface area contributed by atoms with E-state index in [1.807, 2.05) is 24.3 Å². The number of nitrogens with one attached hydrogen (secondary N) is 1. The van der Waals surface area contributed by atoms with E-state index >= 15 is 0 Å². The Labute approximate surface area is 182 Å². The standard InChI is InChI=1S/C21H20N6OS2/c1-3-15-7-9-16(10-8-15)20-23-18(12-29-20)13-30-21-24-25-26-27(21)19-6-4-5-17(11-19)22-14(2)28/h4-12H,3,13H2,1-2H3,(H,22,28). The maximum Gasteiger partial charge on any atom is 0.221 e. The van der Waals surface area contributed by atoms with Gasteiger partial charge in [0, 0.05) is 29.3 Å².